The van der Waals surface area contributed by atoms with Gasteiger partial charge in [0, 0.05) is 24.5 Å². The Morgan fingerprint density at radius 1 is 1.22 bits per heavy atom. The van der Waals surface area contributed by atoms with Gasteiger partial charge in [-0.2, -0.15) is 0 Å². The van der Waals surface area contributed by atoms with E-state index in [0.29, 0.717) is 29.4 Å². The molecule has 0 aromatic heterocycles. The smallest absolute Gasteiger partial charge is 0.321 e. The van der Waals surface area contributed by atoms with Crippen molar-refractivity contribution in [3.8, 4) is 5.75 Å². The van der Waals surface area contributed by atoms with Crippen molar-refractivity contribution in [3.05, 3.63) is 48.0 Å². The molecule has 1 fully saturated rings. The van der Waals surface area contributed by atoms with Crippen molar-refractivity contribution in [1.29, 1.82) is 0 Å². The zero-order chi connectivity index (χ0) is 16.4. The average Bonchev–Trinajstić information content (AvgIpc) is 2.97. The Kier molecular flexibility index (Phi) is 4.20. The van der Waals surface area contributed by atoms with Crippen molar-refractivity contribution < 1.29 is 13.2 Å². The number of carbonyl (C=O) groups excluding carboxylic acids is 1. The summed E-state index contributed by atoms with van der Waals surface area (Å²) in [5.74, 6) is 0.498. The number of nitrogens with zero attached hydrogens (tertiary/aromatic N) is 1. The maximum absolute atomic E-state index is 12.3. The number of nitrogens with two attached hydrogens (primary N) is 1. The van der Waals surface area contributed by atoms with E-state index in [0.717, 1.165) is 11.3 Å². The van der Waals surface area contributed by atoms with E-state index in [4.69, 9.17) is 9.92 Å². The van der Waals surface area contributed by atoms with Gasteiger partial charge in [-0.15, -0.1) is 0 Å². The van der Waals surface area contributed by atoms with Crippen molar-refractivity contribution in [2.24, 2.45) is 0 Å². The first-order valence-electron chi connectivity index (χ1n) is 7.16. The second kappa shape index (κ2) is 6.29. The molecule has 1 unspecified atom stereocenters. The van der Waals surface area contributed by atoms with E-state index in [1.54, 1.807) is 47.4 Å². The van der Waals surface area contributed by atoms with Crippen LogP contribution < -0.4 is 20.1 Å². The molecule has 1 atom stereocenters. The van der Waals surface area contributed by atoms with Crippen LogP contribution in [-0.4, -0.2) is 23.3 Å². The molecule has 7 heteroatoms. The molecule has 0 bridgehead atoms. The summed E-state index contributed by atoms with van der Waals surface area (Å²) in [5.41, 5.74) is 8.05. The molecule has 0 saturated carbocycles. The van der Waals surface area contributed by atoms with Gasteiger partial charge in [-0.05, 0) is 55.0 Å². The van der Waals surface area contributed by atoms with Gasteiger partial charge >= 0.3 is 6.03 Å². The normalized spacial score (nSPS) is 15.3. The Bertz CT molecular complexity index is 762. The molecule has 1 aliphatic rings. The first-order valence-corrected chi connectivity index (χ1v) is 8.24. The molecule has 2 aromatic rings. The van der Waals surface area contributed by atoms with E-state index in [2.05, 4.69) is 5.32 Å². The average molecular weight is 331 g/mol. The van der Waals surface area contributed by atoms with Crippen molar-refractivity contribution in [1.82, 2.24) is 5.32 Å². The topological polar surface area (TPSA) is 84.7 Å². The molecule has 23 heavy (non-hydrogen) atoms. The minimum atomic E-state index is -1.63. The predicted molar refractivity (Wildman–Crippen MR) is 89.8 cm³/mol. The first-order chi connectivity index (χ1) is 11.0. The lowest BCUT2D eigenvalue weighted by molar-refractivity contribution is 0.252. The van der Waals surface area contributed by atoms with Crippen LogP contribution in [-0.2, 0) is 11.1 Å². The number of benzene rings is 2. The quantitative estimate of drug-likeness (QED) is 0.841. The maximum atomic E-state index is 12.3. The number of hydrogen-bond donors (Lipinski definition) is 2. The number of urea groups is 1. The highest BCUT2D eigenvalue weighted by Crippen LogP contribution is 2.23. The Hall–Kier alpha value is -2.54. The van der Waals surface area contributed by atoms with Gasteiger partial charge in [0.1, 0.15) is 5.75 Å². The monoisotopic (exact) mass is 331 g/mol. The zero-order valence-electron chi connectivity index (χ0n) is 12.6. The van der Waals surface area contributed by atoms with E-state index >= 15 is 0 Å². The Balaban J connectivity index is 1.72. The van der Waals surface area contributed by atoms with Crippen molar-refractivity contribution in [2.75, 3.05) is 23.7 Å². The van der Waals surface area contributed by atoms with Crippen LogP contribution in [0, 0.1) is 6.92 Å². The minimum absolute atomic E-state index is 0.118. The summed E-state index contributed by atoms with van der Waals surface area (Å²) in [4.78, 5) is 13.8. The summed E-state index contributed by atoms with van der Waals surface area (Å²) in [6.45, 7) is 3.12. The maximum Gasteiger partial charge on any atom is 0.321 e. The number of anilines is 2. The Morgan fingerprint density at radius 2 is 1.96 bits per heavy atom. The summed E-state index contributed by atoms with van der Waals surface area (Å²) < 4.78 is 17.7. The van der Waals surface area contributed by atoms with Crippen LogP contribution in [0.3, 0.4) is 0 Å². The van der Waals surface area contributed by atoms with Gasteiger partial charge in [0.25, 0.3) is 0 Å². The van der Waals surface area contributed by atoms with Crippen LogP contribution in [0.5, 0.6) is 5.75 Å². The Labute approximate surface area is 136 Å². The highest BCUT2D eigenvalue weighted by Gasteiger charge is 2.21. The van der Waals surface area contributed by atoms with Gasteiger partial charge in [0.15, 0.2) is 0 Å². The van der Waals surface area contributed by atoms with E-state index in [1.807, 2.05) is 6.92 Å². The zero-order valence-corrected chi connectivity index (χ0v) is 13.4. The molecule has 1 heterocycles. The summed E-state index contributed by atoms with van der Waals surface area (Å²) in [7, 11) is 0. The van der Waals surface area contributed by atoms with E-state index in [9.17, 15) is 9.00 Å². The molecule has 6 nitrogen and oxygen atoms in total. The predicted octanol–water partition coefficient (Wildman–Crippen LogP) is 2.21. The van der Waals surface area contributed by atoms with Gasteiger partial charge in [-0.3, -0.25) is 4.90 Å². The number of nitrogens with one attached hydrogen (secondary N) is 1. The summed E-state index contributed by atoms with van der Waals surface area (Å²) in [6.07, 6.45) is 0. The number of hydrogen-bond acceptors (Lipinski definition) is 4. The summed E-state index contributed by atoms with van der Waals surface area (Å²) >= 11 is -1.63. The second-order valence-corrected chi connectivity index (χ2v) is 6.32. The number of aryl methyl sites for hydroxylation is 1. The molecule has 1 saturated heterocycles. The molecule has 2 aromatic carbocycles. The van der Waals surface area contributed by atoms with Gasteiger partial charge in [-0.25, -0.2) is 9.00 Å². The number of nitrogen functional groups attached to an aromatic ring is 1. The van der Waals surface area contributed by atoms with Gasteiger partial charge in [-0.1, -0.05) is 0 Å². The minimum Gasteiger partial charge on any atom is -0.399 e. The van der Waals surface area contributed by atoms with Gasteiger partial charge < -0.3 is 15.2 Å². The van der Waals surface area contributed by atoms with Crippen LogP contribution in [0.1, 0.15) is 5.56 Å². The highest BCUT2D eigenvalue weighted by molar-refractivity contribution is 7.80. The summed E-state index contributed by atoms with van der Waals surface area (Å²) in [5, 5.41) is 2.74. The third-order valence-corrected chi connectivity index (χ3v) is 4.61. The number of rotatable bonds is 4. The Morgan fingerprint density at radius 3 is 2.57 bits per heavy atom. The molecule has 1 aliphatic heterocycles. The SMILES string of the molecule is Cc1cc(OS(=O)c2ccc(N3CCNC3=O)cc2)ccc1N. The lowest BCUT2D eigenvalue weighted by atomic mass is 10.2. The third kappa shape index (κ3) is 3.29. The van der Waals surface area contributed by atoms with Crippen molar-refractivity contribution in [2.45, 2.75) is 11.8 Å². The molecule has 0 radical (unpaired) electrons. The third-order valence-electron chi connectivity index (χ3n) is 3.61. The van der Waals surface area contributed by atoms with Gasteiger partial charge in [0.05, 0.1) is 4.90 Å². The van der Waals surface area contributed by atoms with Crippen LogP contribution in [0.4, 0.5) is 16.2 Å². The standard InChI is InChI=1S/C16H17N3O3S/c1-11-10-13(4-7-15(11)17)22-23(21)14-5-2-12(3-6-14)19-9-8-18-16(19)20/h2-7,10H,8-9,17H2,1H3,(H,18,20). The van der Waals surface area contributed by atoms with E-state index < -0.39 is 11.1 Å². The fourth-order valence-electron chi connectivity index (χ4n) is 2.29. The molecule has 2 amide bonds. The fraction of sp³-hybridized carbons (Fsp3) is 0.188. The van der Waals surface area contributed by atoms with E-state index in [-0.39, 0.29) is 6.03 Å². The second-order valence-electron chi connectivity index (χ2n) is 5.21. The summed E-state index contributed by atoms with van der Waals surface area (Å²) in [6, 6.07) is 11.9. The van der Waals surface area contributed by atoms with Crippen LogP contribution >= 0.6 is 0 Å². The van der Waals surface area contributed by atoms with Crippen LogP contribution in [0.15, 0.2) is 47.4 Å². The fourth-order valence-corrected chi connectivity index (χ4v) is 3.02. The van der Waals surface area contributed by atoms with Gasteiger partial charge in [0.2, 0.25) is 11.1 Å². The van der Waals surface area contributed by atoms with Crippen LogP contribution in [0.2, 0.25) is 0 Å². The number of carbonyl (C=O) groups is 1. The van der Waals surface area contributed by atoms with Crippen molar-refractivity contribution >= 4 is 28.5 Å². The van der Waals surface area contributed by atoms with Crippen LogP contribution in [0.25, 0.3) is 0 Å². The lowest BCUT2D eigenvalue weighted by Crippen LogP contribution is -2.27. The molecule has 3 rings (SSSR count). The molecule has 120 valence electrons. The molecule has 0 aliphatic carbocycles. The largest absolute Gasteiger partial charge is 0.399 e. The first kappa shape index (κ1) is 15.4. The van der Waals surface area contributed by atoms with Crippen molar-refractivity contribution in [3.63, 3.8) is 0 Å². The highest BCUT2D eigenvalue weighted by atomic mass is 32.2. The lowest BCUT2D eigenvalue weighted by Gasteiger charge is -2.14. The molecule has 3 N–H and O–H groups in total. The molecular formula is C16H17N3O3S. The molecular weight excluding hydrogens is 314 g/mol. The number of amides is 2. The molecule has 0 spiro atoms. The van der Waals surface area contributed by atoms with E-state index in [1.165, 1.54) is 0 Å².